The van der Waals surface area contributed by atoms with Gasteiger partial charge >= 0.3 is 13.5 Å². The number of benzene rings is 2. The summed E-state index contributed by atoms with van der Waals surface area (Å²) in [7, 11) is 0.681. The van der Waals surface area contributed by atoms with Crippen molar-refractivity contribution in [3.63, 3.8) is 0 Å². The highest BCUT2D eigenvalue weighted by Crippen LogP contribution is 2.40. The standard InChI is InChI=1S/C23H24BF3N2O5/c1-15-22(23(25,26)27)20(34-24(30)31)12-21(28-15)29(13-16-4-8-18(32-2)9-5-16)14-17-6-10-19(33-3)11-7-17/h4-12,30-31H,13-14H2,1-3H3. The first-order valence-electron chi connectivity index (χ1n) is 10.2. The zero-order valence-corrected chi connectivity index (χ0v) is 18.8. The minimum atomic E-state index is -4.80. The van der Waals surface area contributed by atoms with Crippen LogP contribution in [0.3, 0.4) is 0 Å². The van der Waals surface area contributed by atoms with Gasteiger partial charge in [0.1, 0.15) is 28.6 Å². The molecule has 0 aliphatic heterocycles. The quantitative estimate of drug-likeness (QED) is 0.452. The molecule has 0 atom stereocenters. The van der Waals surface area contributed by atoms with Crippen LogP contribution in [0.4, 0.5) is 19.0 Å². The molecular weight excluding hydrogens is 452 g/mol. The van der Waals surface area contributed by atoms with E-state index in [2.05, 4.69) is 4.98 Å². The van der Waals surface area contributed by atoms with Crippen LogP contribution >= 0.6 is 0 Å². The number of anilines is 1. The molecule has 34 heavy (non-hydrogen) atoms. The number of hydrogen-bond donors (Lipinski definition) is 2. The average molecular weight is 476 g/mol. The summed E-state index contributed by atoms with van der Waals surface area (Å²) in [5, 5.41) is 18.4. The molecule has 0 saturated heterocycles. The van der Waals surface area contributed by atoms with Gasteiger partial charge in [-0.05, 0) is 42.3 Å². The highest BCUT2D eigenvalue weighted by Gasteiger charge is 2.38. The average Bonchev–Trinajstić information content (AvgIpc) is 2.78. The van der Waals surface area contributed by atoms with Crippen LogP contribution < -0.4 is 19.0 Å². The van der Waals surface area contributed by atoms with E-state index in [1.807, 2.05) is 24.3 Å². The van der Waals surface area contributed by atoms with Crippen molar-refractivity contribution in [2.24, 2.45) is 0 Å². The summed E-state index contributed by atoms with van der Waals surface area (Å²) in [6.07, 6.45) is -4.80. The largest absolute Gasteiger partial charge is 0.707 e. The van der Waals surface area contributed by atoms with Crippen molar-refractivity contribution in [2.45, 2.75) is 26.2 Å². The van der Waals surface area contributed by atoms with E-state index in [1.54, 1.807) is 43.4 Å². The zero-order valence-electron chi connectivity index (χ0n) is 18.8. The first-order valence-corrected chi connectivity index (χ1v) is 10.2. The molecular formula is C23H24BF3N2O5. The van der Waals surface area contributed by atoms with Gasteiger partial charge in [0.2, 0.25) is 0 Å². The molecule has 3 rings (SSSR count). The van der Waals surface area contributed by atoms with Crippen molar-refractivity contribution in [1.82, 2.24) is 4.98 Å². The fourth-order valence-corrected chi connectivity index (χ4v) is 3.46. The molecule has 0 fully saturated rings. The zero-order chi connectivity index (χ0) is 24.9. The van der Waals surface area contributed by atoms with Crippen LogP contribution in [0, 0.1) is 6.92 Å². The Bertz CT molecular complexity index is 1040. The minimum absolute atomic E-state index is 0.174. The number of aromatic nitrogens is 1. The van der Waals surface area contributed by atoms with Gasteiger partial charge in [-0.3, -0.25) is 0 Å². The second kappa shape index (κ2) is 10.7. The molecule has 0 aliphatic rings. The second-order valence-corrected chi connectivity index (χ2v) is 7.43. The highest BCUT2D eigenvalue weighted by atomic mass is 19.4. The number of ether oxygens (including phenoxy) is 2. The summed E-state index contributed by atoms with van der Waals surface area (Å²) in [4.78, 5) is 5.94. The fourth-order valence-electron chi connectivity index (χ4n) is 3.46. The molecule has 1 aromatic heterocycles. The van der Waals surface area contributed by atoms with E-state index in [4.69, 9.17) is 14.1 Å². The van der Waals surface area contributed by atoms with Gasteiger partial charge in [0.15, 0.2) is 0 Å². The van der Waals surface area contributed by atoms with Crippen molar-refractivity contribution in [1.29, 1.82) is 0 Å². The Morgan fingerprint density at radius 2 is 1.35 bits per heavy atom. The van der Waals surface area contributed by atoms with Gasteiger partial charge in [-0.25, -0.2) is 4.98 Å². The van der Waals surface area contributed by atoms with Crippen LogP contribution in [0.5, 0.6) is 17.2 Å². The summed E-state index contributed by atoms with van der Waals surface area (Å²) in [6.45, 7) is 1.80. The van der Waals surface area contributed by atoms with Gasteiger partial charge in [0.25, 0.3) is 0 Å². The maximum absolute atomic E-state index is 13.6. The number of nitrogens with zero attached hydrogens (tertiary/aromatic N) is 2. The van der Waals surface area contributed by atoms with Gasteiger partial charge < -0.3 is 29.1 Å². The number of methoxy groups -OCH3 is 2. The molecule has 0 amide bonds. The Morgan fingerprint density at radius 3 is 1.74 bits per heavy atom. The third-order valence-corrected chi connectivity index (χ3v) is 5.06. The number of halogens is 3. The number of aryl methyl sites for hydroxylation is 1. The molecule has 0 bridgehead atoms. The molecule has 0 spiro atoms. The predicted molar refractivity (Wildman–Crippen MR) is 121 cm³/mol. The lowest BCUT2D eigenvalue weighted by Crippen LogP contribution is -2.26. The molecule has 2 aromatic carbocycles. The van der Waals surface area contributed by atoms with Gasteiger partial charge in [0, 0.05) is 19.2 Å². The summed E-state index contributed by atoms with van der Waals surface area (Å²) in [5.74, 6) is 0.787. The summed E-state index contributed by atoms with van der Waals surface area (Å²) < 4.78 is 55.9. The summed E-state index contributed by atoms with van der Waals surface area (Å²) in [5.41, 5.74) is 0.199. The van der Waals surface area contributed by atoms with Gasteiger partial charge in [-0.2, -0.15) is 13.2 Å². The molecule has 0 unspecified atom stereocenters. The number of alkyl halides is 3. The molecule has 3 aromatic rings. The van der Waals surface area contributed by atoms with E-state index in [1.165, 1.54) is 6.92 Å². The van der Waals surface area contributed by atoms with Crippen molar-refractivity contribution >= 4 is 13.1 Å². The highest BCUT2D eigenvalue weighted by molar-refractivity contribution is 6.33. The maximum atomic E-state index is 13.6. The number of pyridine rings is 1. The topological polar surface area (TPSA) is 84.3 Å². The van der Waals surface area contributed by atoms with Gasteiger partial charge in [-0.15, -0.1) is 0 Å². The summed E-state index contributed by atoms with van der Waals surface area (Å²) in [6, 6.07) is 15.5. The Kier molecular flexibility index (Phi) is 7.90. The Hall–Kier alpha value is -3.44. The molecule has 0 aliphatic carbocycles. The van der Waals surface area contributed by atoms with E-state index in [-0.39, 0.29) is 11.5 Å². The van der Waals surface area contributed by atoms with E-state index < -0.39 is 24.8 Å². The van der Waals surface area contributed by atoms with Crippen LogP contribution in [0.1, 0.15) is 22.4 Å². The number of rotatable bonds is 9. The molecule has 180 valence electrons. The normalized spacial score (nSPS) is 11.2. The molecule has 2 N–H and O–H groups in total. The third-order valence-electron chi connectivity index (χ3n) is 5.06. The van der Waals surface area contributed by atoms with E-state index >= 15 is 0 Å². The minimum Gasteiger partial charge on any atom is -0.511 e. The van der Waals surface area contributed by atoms with E-state index in [0.717, 1.165) is 17.2 Å². The Labute approximate surface area is 195 Å². The van der Waals surface area contributed by atoms with Crippen molar-refractivity contribution < 1.29 is 37.3 Å². The third kappa shape index (κ3) is 6.33. The lowest BCUT2D eigenvalue weighted by atomic mass is 10.1. The van der Waals surface area contributed by atoms with Gasteiger partial charge in [-0.1, -0.05) is 24.3 Å². The van der Waals surface area contributed by atoms with Crippen LogP contribution in [0.2, 0.25) is 0 Å². The van der Waals surface area contributed by atoms with E-state index in [0.29, 0.717) is 24.6 Å². The SMILES string of the molecule is COc1ccc(CN(Cc2ccc(OC)cc2)c2cc(OB(O)O)c(C(F)(F)F)c(C)n2)cc1. The maximum Gasteiger partial charge on any atom is 0.707 e. The van der Waals surface area contributed by atoms with E-state index in [9.17, 15) is 23.2 Å². The van der Waals surface area contributed by atoms with Gasteiger partial charge in [0.05, 0.1) is 19.9 Å². The molecule has 11 heteroatoms. The first-order chi connectivity index (χ1) is 16.1. The van der Waals surface area contributed by atoms with Crippen molar-refractivity contribution in [3.05, 3.63) is 77.0 Å². The smallest absolute Gasteiger partial charge is 0.511 e. The number of hydrogen-bond acceptors (Lipinski definition) is 7. The fraction of sp³-hybridized carbons (Fsp3) is 0.261. The molecule has 0 saturated carbocycles. The second-order valence-electron chi connectivity index (χ2n) is 7.43. The molecule has 0 radical (unpaired) electrons. The predicted octanol–water partition coefficient (Wildman–Crippen LogP) is 3.98. The molecule has 7 nitrogen and oxygen atoms in total. The van der Waals surface area contributed by atoms with Crippen LogP contribution in [-0.2, 0) is 19.3 Å². The van der Waals surface area contributed by atoms with Crippen LogP contribution in [0.15, 0.2) is 54.6 Å². The Balaban J connectivity index is 2.04. The first kappa shape index (κ1) is 25.2. The van der Waals surface area contributed by atoms with Crippen molar-refractivity contribution in [3.8, 4) is 17.2 Å². The Morgan fingerprint density at radius 1 is 0.882 bits per heavy atom. The van der Waals surface area contributed by atoms with Crippen LogP contribution in [-0.4, -0.2) is 36.6 Å². The van der Waals surface area contributed by atoms with Crippen molar-refractivity contribution in [2.75, 3.05) is 19.1 Å². The summed E-state index contributed by atoms with van der Waals surface area (Å²) >= 11 is 0. The van der Waals surface area contributed by atoms with Crippen LogP contribution in [0.25, 0.3) is 0 Å². The molecule has 1 heterocycles. The lowest BCUT2D eigenvalue weighted by molar-refractivity contribution is -0.139. The monoisotopic (exact) mass is 476 g/mol. The lowest BCUT2D eigenvalue weighted by Gasteiger charge is -2.26.